The molecule has 6 N–H and O–H groups in total. The van der Waals surface area contributed by atoms with E-state index < -0.39 is 70.8 Å². The summed E-state index contributed by atoms with van der Waals surface area (Å²) in [6.07, 6.45) is 0.876. The molecule has 0 aliphatic carbocycles. The molecule has 0 radical (unpaired) electrons. The van der Waals surface area contributed by atoms with Gasteiger partial charge in [-0.3, -0.25) is 9.59 Å². The second kappa shape index (κ2) is 16.7. The van der Waals surface area contributed by atoms with Gasteiger partial charge in [-0.05, 0) is 48.9 Å². The highest BCUT2D eigenvalue weighted by molar-refractivity contribution is 5.84. The lowest BCUT2D eigenvalue weighted by Gasteiger charge is -2.18. The van der Waals surface area contributed by atoms with Gasteiger partial charge in [0.05, 0.1) is 7.11 Å². The van der Waals surface area contributed by atoms with Crippen LogP contribution in [0.4, 0.5) is 26.3 Å². The lowest BCUT2D eigenvalue weighted by atomic mass is 10.0. The summed E-state index contributed by atoms with van der Waals surface area (Å²) in [6, 6.07) is -0.546. The first-order valence-corrected chi connectivity index (χ1v) is 13.2. The van der Waals surface area contributed by atoms with E-state index in [9.17, 15) is 40.7 Å². The SMILES string of the molecule is COC(=O)C(CCCCCNC(=O)CC(N)Cc1cc(F)c(F)cc1F)NC(=O)CC(N)Cc1cc(F)c(F)cc1F. The maximum atomic E-state index is 13.8. The van der Waals surface area contributed by atoms with Crippen molar-refractivity contribution in [1.82, 2.24) is 10.6 Å². The number of benzene rings is 2. The van der Waals surface area contributed by atoms with Crippen LogP contribution >= 0.6 is 0 Å². The zero-order valence-electron chi connectivity index (χ0n) is 23.0. The van der Waals surface area contributed by atoms with Crippen LogP contribution in [-0.2, 0) is 32.0 Å². The summed E-state index contributed by atoms with van der Waals surface area (Å²) < 4.78 is 85.2. The zero-order chi connectivity index (χ0) is 31.4. The van der Waals surface area contributed by atoms with Crippen LogP contribution in [0, 0.1) is 34.9 Å². The Bertz CT molecular complexity index is 1250. The van der Waals surface area contributed by atoms with E-state index in [2.05, 4.69) is 10.6 Å². The van der Waals surface area contributed by atoms with E-state index >= 15 is 0 Å². The Balaban J connectivity index is 1.70. The molecule has 2 aromatic rings. The smallest absolute Gasteiger partial charge is 0.328 e. The first kappa shape index (κ1) is 34.6. The normalized spacial score (nSPS) is 13.3. The quantitative estimate of drug-likeness (QED) is 0.101. The number of carbonyl (C=O) groups is 3. The number of hydrogen-bond acceptors (Lipinski definition) is 6. The number of methoxy groups -OCH3 is 1. The van der Waals surface area contributed by atoms with Crippen molar-refractivity contribution >= 4 is 17.8 Å². The summed E-state index contributed by atoms with van der Waals surface area (Å²) in [7, 11) is 1.15. The molecule has 0 aromatic heterocycles. The number of esters is 1. The number of nitrogens with one attached hydrogen (secondary N) is 2. The number of halogens is 6. The van der Waals surface area contributed by atoms with Gasteiger partial charge in [0.25, 0.3) is 0 Å². The third-order valence-electron chi connectivity index (χ3n) is 6.35. The predicted octanol–water partition coefficient (Wildman–Crippen LogP) is 3.08. The van der Waals surface area contributed by atoms with Crippen molar-refractivity contribution in [2.24, 2.45) is 11.5 Å². The lowest BCUT2D eigenvalue weighted by molar-refractivity contribution is -0.145. The van der Waals surface area contributed by atoms with Crippen LogP contribution in [0.5, 0.6) is 0 Å². The van der Waals surface area contributed by atoms with E-state index in [-0.39, 0.29) is 49.8 Å². The van der Waals surface area contributed by atoms with Gasteiger partial charge >= 0.3 is 5.97 Å². The van der Waals surface area contributed by atoms with Crippen molar-refractivity contribution in [3.63, 3.8) is 0 Å². The molecule has 42 heavy (non-hydrogen) atoms. The molecule has 2 aromatic carbocycles. The molecule has 2 amide bonds. The second-order valence-corrected chi connectivity index (χ2v) is 9.89. The molecule has 3 unspecified atom stereocenters. The molecule has 3 atom stereocenters. The van der Waals surface area contributed by atoms with Gasteiger partial charge in [0.15, 0.2) is 23.3 Å². The van der Waals surface area contributed by atoms with Gasteiger partial charge in [-0.2, -0.15) is 0 Å². The molecule has 0 bridgehead atoms. The highest BCUT2D eigenvalue weighted by Crippen LogP contribution is 2.17. The fourth-order valence-corrected chi connectivity index (χ4v) is 4.22. The topological polar surface area (TPSA) is 137 Å². The van der Waals surface area contributed by atoms with Crippen molar-refractivity contribution in [2.75, 3.05) is 13.7 Å². The van der Waals surface area contributed by atoms with Crippen molar-refractivity contribution in [3.05, 3.63) is 70.3 Å². The van der Waals surface area contributed by atoms with Gasteiger partial charge < -0.3 is 26.8 Å². The summed E-state index contributed by atoms with van der Waals surface area (Å²) in [5, 5.41) is 5.15. The number of ether oxygens (including phenoxy) is 1. The van der Waals surface area contributed by atoms with Crippen molar-refractivity contribution in [2.45, 2.75) is 69.5 Å². The summed E-state index contributed by atoms with van der Waals surface area (Å²) >= 11 is 0. The molecule has 0 aliphatic rings. The fraction of sp³-hybridized carbons (Fsp3) is 0.464. The Hall–Kier alpha value is -3.65. The predicted molar refractivity (Wildman–Crippen MR) is 141 cm³/mol. The molecular weight excluding hydrogens is 570 g/mol. The number of nitrogens with two attached hydrogens (primary N) is 2. The third kappa shape index (κ3) is 11.3. The third-order valence-corrected chi connectivity index (χ3v) is 6.35. The van der Waals surface area contributed by atoms with Crippen LogP contribution in [0.1, 0.15) is 49.7 Å². The summed E-state index contributed by atoms with van der Waals surface area (Å²) in [5.41, 5.74) is 11.4. The standard InChI is InChI=1S/C28H34F6N4O4/c1-42-28(41)25(38-27(40)12-18(36)8-16-10-22(32)24(34)14-20(16)30)5-3-2-4-6-37-26(39)11-17(35)7-15-9-21(31)23(33)13-19(15)29/h9-10,13-14,17-18,25H,2-8,11-12,35-36H2,1H3,(H,37,39)(H,38,40). The van der Waals surface area contributed by atoms with Gasteiger partial charge in [-0.25, -0.2) is 31.1 Å². The molecule has 0 saturated carbocycles. The monoisotopic (exact) mass is 604 g/mol. The van der Waals surface area contributed by atoms with E-state index in [4.69, 9.17) is 16.2 Å². The number of unbranched alkanes of at least 4 members (excludes halogenated alkanes) is 2. The van der Waals surface area contributed by atoms with Crippen LogP contribution in [0.15, 0.2) is 24.3 Å². The Kier molecular flexibility index (Phi) is 13.7. The molecule has 0 spiro atoms. The maximum Gasteiger partial charge on any atom is 0.328 e. The van der Waals surface area contributed by atoms with Crippen LogP contribution in [-0.4, -0.2) is 49.6 Å². The van der Waals surface area contributed by atoms with E-state index in [1.54, 1.807) is 0 Å². The molecular formula is C28H34F6N4O4. The Morgan fingerprint density at radius 2 is 1.19 bits per heavy atom. The Morgan fingerprint density at radius 1 is 0.714 bits per heavy atom. The minimum absolute atomic E-state index is 0.138. The lowest BCUT2D eigenvalue weighted by Crippen LogP contribution is -2.43. The van der Waals surface area contributed by atoms with E-state index in [0.29, 0.717) is 43.5 Å². The van der Waals surface area contributed by atoms with Gasteiger partial charge in [0.2, 0.25) is 11.8 Å². The summed E-state index contributed by atoms with van der Waals surface area (Å²) in [4.78, 5) is 36.6. The summed E-state index contributed by atoms with van der Waals surface area (Å²) in [5.74, 6) is -8.78. The van der Waals surface area contributed by atoms with Gasteiger partial charge in [0.1, 0.15) is 17.7 Å². The first-order valence-electron chi connectivity index (χ1n) is 13.2. The molecule has 0 aliphatic heterocycles. The summed E-state index contributed by atoms with van der Waals surface area (Å²) in [6.45, 7) is 0.274. The van der Waals surface area contributed by atoms with E-state index in [1.165, 1.54) is 0 Å². The van der Waals surface area contributed by atoms with Gasteiger partial charge in [-0.15, -0.1) is 0 Å². The van der Waals surface area contributed by atoms with E-state index in [1.807, 2.05) is 0 Å². The van der Waals surface area contributed by atoms with Crippen LogP contribution in [0.3, 0.4) is 0 Å². The van der Waals surface area contributed by atoms with Crippen molar-refractivity contribution in [3.8, 4) is 0 Å². The molecule has 8 nitrogen and oxygen atoms in total. The van der Waals surface area contributed by atoms with Crippen molar-refractivity contribution in [1.29, 1.82) is 0 Å². The average Bonchev–Trinajstić information content (AvgIpc) is 2.90. The Labute approximate surface area is 239 Å². The number of carbonyl (C=O) groups excluding carboxylic acids is 3. The number of amides is 2. The van der Waals surface area contributed by atoms with Crippen LogP contribution < -0.4 is 22.1 Å². The molecule has 0 heterocycles. The molecule has 0 fully saturated rings. The minimum Gasteiger partial charge on any atom is -0.467 e. The van der Waals surface area contributed by atoms with E-state index in [0.717, 1.165) is 7.11 Å². The highest BCUT2D eigenvalue weighted by Gasteiger charge is 2.23. The molecule has 0 saturated heterocycles. The first-order chi connectivity index (χ1) is 19.8. The molecule has 232 valence electrons. The van der Waals surface area contributed by atoms with Gasteiger partial charge in [-0.1, -0.05) is 12.8 Å². The molecule has 2 rings (SSSR count). The van der Waals surface area contributed by atoms with Crippen LogP contribution in [0.2, 0.25) is 0 Å². The zero-order valence-corrected chi connectivity index (χ0v) is 23.0. The largest absolute Gasteiger partial charge is 0.467 e. The van der Waals surface area contributed by atoms with Gasteiger partial charge in [0, 0.05) is 43.6 Å². The number of rotatable bonds is 16. The van der Waals surface area contributed by atoms with Crippen molar-refractivity contribution < 1.29 is 45.5 Å². The second-order valence-electron chi connectivity index (χ2n) is 9.89. The maximum absolute atomic E-state index is 13.8. The average molecular weight is 605 g/mol. The molecule has 14 heteroatoms. The minimum atomic E-state index is -1.34. The number of hydrogen-bond donors (Lipinski definition) is 4. The van der Waals surface area contributed by atoms with Crippen LogP contribution in [0.25, 0.3) is 0 Å². The highest BCUT2D eigenvalue weighted by atomic mass is 19.2. The Morgan fingerprint density at radius 3 is 1.69 bits per heavy atom. The fourth-order valence-electron chi connectivity index (χ4n) is 4.22.